The summed E-state index contributed by atoms with van der Waals surface area (Å²) in [7, 11) is 0. The van der Waals surface area contributed by atoms with Gasteiger partial charge in [0.2, 0.25) is 6.29 Å². The maximum Gasteiger partial charge on any atom is 0.235 e. The zero-order valence-electron chi connectivity index (χ0n) is 11.0. The standard InChI is InChI=1S/C15H14BrN2O2/c1-2-18(15-6-3-11(10-19)8-17-15)9-12-7-13(16)4-5-14(12)20/h3-8,20H,2,9H2,1H3. The monoisotopic (exact) mass is 333 g/mol. The Morgan fingerprint density at radius 2 is 2.15 bits per heavy atom. The summed E-state index contributed by atoms with van der Waals surface area (Å²) in [6.07, 6.45) is 3.29. The lowest BCUT2D eigenvalue weighted by molar-refractivity contribution is 0.467. The average Bonchev–Trinajstić information content (AvgIpc) is 2.48. The van der Waals surface area contributed by atoms with Crippen LogP contribution in [0.3, 0.4) is 0 Å². The minimum atomic E-state index is 0.254. The number of phenols is 1. The molecule has 103 valence electrons. The second-order valence-electron chi connectivity index (χ2n) is 4.29. The van der Waals surface area contributed by atoms with Gasteiger partial charge in [0.25, 0.3) is 0 Å². The Hall–Kier alpha value is -1.88. The first-order valence-corrected chi connectivity index (χ1v) is 7.00. The predicted molar refractivity (Wildman–Crippen MR) is 81.6 cm³/mol. The van der Waals surface area contributed by atoms with Crippen molar-refractivity contribution in [2.75, 3.05) is 11.4 Å². The van der Waals surface area contributed by atoms with Crippen LogP contribution in [0.1, 0.15) is 18.1 Å². The fourth-order valence-electron chi connectivity index (χ4n) is 1.87. The van der Waals surface area contributed by atoms with Gasteiger partial charge in [-0.2, -0.15) is 0 Å². The van der Waals surface area contributed by atoms with Crippen molar-refractivity contribution < 1.29 is 9.90 Å². The molecular formula is C15H14BrN2O2. The fourth-order valence-corrected chi connectivity index (χ4v) is 2.28. The van der Waals surface area contributed by atoms with E-state index in [0.29, 0.717) is 12.1 Å². The van der Waals surface area contributed by atoms with Crippen LogP contribution in [0, 0.1) is 0 Å². The Morgan fingerprint density at radius 3 is 2.75 bits per heavy atom. The smallest absolute Gasteiger partial charge is 0.235 e. The lowest BCUT2D eigenvalue weighted by Gasteiger charge is -2.22. The van der Waals surface area contributed by atoms with E-state index in [1.54, 1.807) is 30.6 Å². The van der Waals surface area contributed by atoms with E-state index >= 15 is 0 Å². The van der Waals surface area contributed by atoms with E-state index in [0.717, 1.165) is 22.4 Å². The second kappa shape index (κ2) is 6.52. The van der Waals surface area contributed by atoms with Crippen LogP contribution in [-0.4, -0.2) is 22.9 Å². The summed E-state index contributed by atoms with van der Waals surface area (Å²) in [5.74, 6) is 1.01. The predicted octanol–water partition coefficient (Wildman–Crippen LogP) is 3.03. The van der Waals surface area contributed by atoms with Crippen molar-refractivity contribution in [1.82, 2.24) is 4.98 Å². The molecule has 1 radical (unpaired) electrons. The number of aromatic hydroxyl groups is 1. The van der Waals surface area contributed by atoms with Crippen LogP contribution >= 0.6 is 15.9 Å². The number of aromatic nitrogens is 1. The molecule has 1 aromatic carbocycles. The molecule has 0 spiro atoms. The van der Waals surface area contributed by atoms with E-state index in [2.05, 4.69) is 20.9 Å². The lowest BCUT2D eigenvalue weighted by Crippen LogP contribution is -2.23. The number of benzene rings is 1. The normalized spacial score (nSPS) is 10.3. The van der Waals surface area contributed by atoms with E-state index in [1.807, 2.05) is 17.9 Å². The highest BCUT2D eigenvalue weighted by Crippen LogP contribution is 2.24. The van der Waals surface area contributed by atoms with Crippen LogP contribution in [-0.2, 0) is 11.3 Å². The van der Waals surface area contributed by atoms with Crippen LogP contribution in [0.2, 0.25) is 0 Å². The van der Waals surface area contributed by atoms with Gasteiger partial charge in [-0.15, -0.1) is 0 Å². The van der Waals surface area contributed by atoms with Crippen LogP contribution < -0.4 is 4.90 Å². The van der Waals surface area contributed by atoms with Gasteiger partial charge in [-0.3, -0.25) is 4.79 Å². The van der Waals surface area contributed by atoms with Crippen molar-refractivity contribution >= 4 is 28.0 Å². The zero-order chi connectivity index (χ0) is 14.5. The summed E-state index contributed by atoms with van der Waals surface area (Å²) in [6, 6.07) is 8.79. The molecule has 0 amide bonds. The number of phenolic OH excluding ortho intramolecular Hbond substituents is 1. The maximum atomic E-state index is 10.5. The van der Waals surface area contributed by atoms with E-state index < -0.39 is 0 Å². The van der Waals surface area contributed by atoms with Gasteiger partial charge >= 0.3 is 0 Å². The van der Waals surface area contributed by atoms with Crippen LogP contribution in [0.25, 0.3) is 0 Å². The average molecular weight is 334 g/mol. The van der Waals surface area contributed by atoms with Gasteiger partial charge in [0.05, 0.1) is 0 Å². The Labute approximate surface area is 126 Å². The number of halogens is 1. The molecule has 2 aromatic rings. The van der Waals surface area contributed by atoms with Crippen molar-refractivity contribution in [3.8, 4) is 5.75 Å². The Morgan fingerprint density at radius 1 is 1.35 bits per heavy atom. The highest BCUT2D eigenvalue weighted by atomic mass is 79.9. The molecular weight excluding hydrogens is 320 g/mol. The quantitative estimate of drug-likeness (QED) is 0.913. The van der Waals surface area contributed by atoms with Gasteiger partial charge in [-0.05, 0) is 37.3 Å². The molecule has 0 atom stereocenters. The van der Waals surface area contributed by atoms with Crippen molar-refractivity contribution in [1.29, 1.82) is 0 Å². The molecule has 0 bridgehead atoms. The van der Waals surface area contributed by atoms with Gasteiger partial charge in [0.15, 0.2) is 0 Å². The SMILES string of the molecule is CCN(Cc1cc(Br)ccc1O)c1ccc([C]=O)cn1. The topological polar surface area (TPSA) is 53.4 Å². The van der Waals surface area contributed by atoms with Crippen LogP contribution in [0.15, 0.2) is 41.0 Å². The molecule has 0 fully saturated rings. The second-order valence-corrected chi connectivity index (χ2v) is 5.21. The number of rotatable bonds is 5. The van der Waals surface area contributed by atoms with Gasteiger partial charge in [0.1, 0.15) is 11.6 Å². The number of carbonyl (C=O) groups excluding carboxylic acids is 1. The number of nitrogens with zero attached hydrogens (tertiary/aromatic N) is 2. The minimum Gasteiger partial charge on any atom is -0.508 e. The number of hydrogen-bond acceptors (Lipinski definition) is 4. The van der Waals surface area contributed by atoms with Gasteiger partial charge < -0.3 is 10.0 Å². The van der Waals surface area contributed by atoms with E-state index in [4.69, 9.17) is 0 Å². The number of hydrogen-bond donors (Lipinski definition) is 1. The maximum absolute atomic E-state index is 10.5. The molecule has 1 heterocycles. The number of anilines is 1. The molecule has 1 aromatic heterocycles. The van der Waals surface area contributed by atoms with Crippen molar-refractivity contribution in [3.63, 3.8) is 0 Å². The van der Waals surface area contributed by atoms with Gasteiger partial charge in [-0.1, -0.05) is 15.9 Å². The first-order chi connectivity index (χ1) is 9.63. The fraction of sp³-hybridized carbons (Fsp3) is 0.200. The summed E-state index contributed by atoms with van der Waals surface area (Å²) in [6.45, 7) is 3.29. The molecule has 1 N–H and O–H groups in total. The Bertz CT molecular complexity index is 599. The lowest BCUT2D eigenvalue weighted by atomic mass is 10.2. The highest BCUT2D eigenvalue weighted by Gasteiger charge is 2.10. The Balaban J connectivity index is 2.23. The Kier molecular flexibility index (Phi) is 4.74. The van der Waals surface area contributed by atoms with Crippen LogP contribution in [0.4, 0.5) is 5.82 Å². The summed E-state index contributed by atoms with van der Waals surface area (Å²) >= 11 is 3.40. The van der Waals surface area contributed by atoms with Crippen molar-refractivity contribution in [2.24, 2.45) is 0 Å². The molecule has 20 heavy (non-hydrogen) atoms. The third-order valence-corrected chi connectivity index (χ3v) is 3.47. The summed E-state index contributed by atoms with van der Waals surface area (Å²) in [5.41, 5.74) is 1.24. The van der Waals surface area contributed by atoms with Crippen molar-refractivity contribution in [3.05, 3.63) is 52.1 Å². The largest absolute Gasteiger partial charge is 0.508 e. The van der Waals surface area contributed by atoms with Gasteiger partial charge in [-0.25, -0.2) is 4.98 Å². The zero-order valence-corrected chi connectivity index (χ0v) is 12.6. The molecule has 0 saturated heterocycles. The van der Waals surface area contributed by atoms with E-state index in [-0.39, 0.29) is 5.75 Å². The van der Waals surface area contributed by atoms with E-state index in [9.17, 15) is 9.90 Å². The number of pyridine rings is 1. The molecule has 0 aliphatic carbocycles. The molecule has 0 aliphatic heterocycles. The summed E-state index contributed by atoms with van der Waals surface area (Å²) in [4.78, 5) is 16.8. The first kappa shape index (κ1) is 14.5. The molecule has 2 rings (SSSR count). The third-order valence-electron chi connectivity index (χ3n) is 2.97. The first-order valence-electron chi connectivity index (χ1n) is 6.20. The molecule has 0 unspecified atom stereocenters. The highest BCUT2D eigenvalue weighted by molar-refractivity contribution is 9.10. The van der Waals surface area contributed by atoms with E-state index in [1.165, 1.54) is 6.20 Å². The molecule has 0 aliphatic rings. The summed E-state index contributed by atoms with van der Waals surface area (Å²) < 4.78 is 0.917. The van der Waals surface area contributed by atoms with Crippen LogP contribution in [0.5, 0.6) is 5.75 Å². The minimum absolute atomic E-state index is 0.254. The third kappa shape index (κ3) is 3.36. The van der Waals surface area contributed by atoms with Crippen molar-refractivity contribution in [2.45, 2.75) is 13.5 Å². The molecule has 4 nitrogen and oxygen atoms in total. The molecule has 5 heteroatoms. The van der Waals surface area contributed by atoms with Gasteiger partial charge in [0, 0.05) is 34.9 Å². The summed E-state index contributed by atoms with van der Waals surface area (Å²) in [5, 5.41) is 9.89. The molecule has 0 saturated carbocycles.